The van der Waals surface area contributed by atoms with Crippen molar-refractivity contribution in [2.75, 3.05) is 43.9 Å². The van der Waals surface area contributed by atoms with Crippen LogP contribution in [-0.4, -0.2) is 50.6 Å². The normalized spacial score (nSPS) is 13.8. The maximum absolute atomic E-state index is 14.1. The third-order valence-corrected chi connectivity index (χ3v) is 3.78. The average molecular weight is 322 g/mol. The predicted octanol–water partition coefficient (Wildman–Crippen LogP) is 2.03. The lowest BCUT2D eigenvalue weighted by atomic mass is 10.2. The van der Waals surface area contributed by atoms with E-state index in [2.05, 4.69) is 10.6 Å². The van der Waals surface area contributed by atoms with E-state index in [-0.39, 0.29) is 24.7 Å². The van der Waals surface area contributed by atoms with Crippen LogP contribution in [0.25, 0.3) is 0 Å². The van der Waals surface area contributed by atoms with Gasteiger partial charge >= 0.3 is 6.03 Å². The largest absolute Gasteiger partial charge is 0.369 e. The third-order valence-electron chi connectivity index (χ3n) is 3.78. The molecule has 6 nitrogen and oxygen atoms in total. The molecule has 1 aliphatic rings. The van der Waals surface area contributed by atoms with Gasteiger partial charge in [-0.1, -0.05) is 0 Å². The molecule has 126 valence electrons. The quantitative estimate of drug-likeness (QED) is 0.872. The Balaban J connectivity index is 1.84. The number of halogens is 1. The van der Waals surface area contributed by atoms with Gasteiger partial charge in [0.25, 0.3) is 0 Å². The van der Waals surface area contributed by atoms with Crippen LogP contribution in [0.4, 0.5) is 20.6 Å². The highest BCUT2D eigenvalue weighted by molar-refractivity contribution is 5.89. The lowest BCUT2D eigenvalue weighted by molar-refractivity contribution is -0.128. The fraction of sp³-hybridized carbons (Fsp3) is 0.500. The number of nitrogens with one attached hydrogen (secondary N) is 2. The minimum absolute atomic E-state index is 0.0636. The highest BCUT2D eigenvalue weighted by Gasteiger charge is 2.16. The Bertz CT molecular complexity index is 571. The maximum atomic E-state index is 14.1. The van der Waals surface area contributed by atoms with Crippen LogP contribution in [0.3, 0.4) is 0 Å². The number of carbonyl (C=O) groups is 2. The molecule has 0 radical (unpaired) electrons. The summed E-state index contributed by atoms with van der Waals surface area (Å²) in [5.74, 6) is -0.404. The second-order valence-corrected chi connectivity index (χ2v) is 5.78. The number of hydrogen-bond acceptors (Lipinski definition) is 3. The highest BCUT2D eigenvalue weighted by Crippen LogP contribution is 2.25. The molecule has 2 rings (SSSR count). The molecule has 1 fully saturated rings. The second-order valence-electron chi connectivity index (χ2n) is 5.78. The van der Waals surface area contributed by atoms with Gasteiger partial charge in [-0.25, -0.2) is 9.18 Å². The molecule has 0 aliphatic carbocycles. The van der Waals surface area contributed by atoms with Gasteiger partial charge in [0.2, 0.25) is 5.91 Å². The molecule has 0 saturated carbocycles. The zero-order valence-electron chi connectivity index (χ0n) is 13.6. The summed E-state index contributed by atoms with van der Waals surface area (Å²) >= 11 is 0. The van der Waals surface area contributed by atoms with Gasteiger partial charge in [0.1, 0.15) is 5.82 Å². The van der Waals surface area contributed by atoms with E-state index in [0.717, 1.165) is 25.9 Å². The number of amides is 3. The number of carbonyl (C=O) groups excluding carboxylic acids is 2. The molecule has 1 aliphatic heterocycles. The molecule has 3 amide bonds. The smallest absolute Gasteiger partial charge is 0.319 e. The SMILES string of the molecule is CN(C)C(=O)CCNC(=O)Nc1ccc(N2CCCC2)c(F)c1. The lowest BCUT2D eigenvalue weighted by Gasteiger charge is -2.19. The summed E-state index contributed by atoms with van der Waals surface area (Å²) < 4.78 is 14.1. The Kier molecular flexibility index (Phi) is 5.78. The van der Waals surface area contributed by atoms with Crippen molar-refractivity contribution >= 4 is 23.3 Å². The van der Waals surface area contributed by atoms with Gasteiger partial charge < -0.3 is 20.4 Å². The number of urea groups is 1. The first kappa shape index (κ1) is 17.1. The molecule has 1 aromatic carbocycles. The minimum Gasteiger partial charge on any atom is -0.369 e. The summed E-state index contributed by atoms with van der Waals surface area (Å²) in [5.41, 5.74) is 0.965. The Morgan fingerprint density at radius 2 is 1.96 bits per heavy atom. The molecule has 0 aromatic heterocycles. The first-order chi connectivity index (χ1) is 11.0. The fourth-order valence-corrected chi connectivity index (χ4v) is 2.48. The number of benzene rings is 1. The van der Waals surface area contributed by atoms with Crippen LogP contribution < -0.4 is 15.5 Å². The van der Waals surface area contributed by atoms with Gasteiger partial charge in [0, 0.05) is 45.8 Å². The zero-order chi connectivity index (χ0) is 16.8. The highest BCUT2D eigenvalue weighted by atomic mass is 19.1. The topological polar surface area (TPSA) is 64.7 Å². The van der Waals surface area contributed by atoms with Crippen molar-refractivity contribution < 1.29 is 14.0 Å². The minimum atomic E-state index is -0.454. The van der Waals surface area contributed by atoms with Crippen molar-refractivity contribution in [2.45, 2.75) is 19.3 Å². The van der Waals surface area contributed by atoms with Crippen molar-refractivity contribution in [3.05, 3.63) is 24.0 Å². The monoisotopic (exact) mass is 322 g/mol. The summed E-state index contributed by atoms with van der Waals surface area (Å²) in [5, 5.41) is 5.15. The van der Waals surface area contributed by atoms with Gasteiger partial charge in [0.15, 0.2) is 0 Å². The second kappa shape index (κ2) is 7.80. The predicted molar refractivity (Wildman–Crippen MR) is 88.2 cm³/mol. The van der Waals surface area contributed by atoms with E-state index in [1.54, 1.807) is 26.2 Å². The van der Waals surface area contributed by atoms with Crippen LogP contribution in [0.2, 0.25) is 0 Å². The fourth-order valence-electron chi connectivity index (χ4n) is 2.48. The van der Waals surface area contributed by atoms with Crippen LogP contribution in [0.15, 0.2) is 18.2 Å². The Morgan fingerprint density at radius 1 is 1.26 bits per heavy atom. The van der Waals surface area contributed by atoms with Crippen LogP contribution in [0, 0.1) is 5.82 Å². The number of nitrogens with zero attached hydrogens (tertiary/aromatic N) is 2. The maximum Gasteiger partial charge on any atom is 0.319 e. The van der Waals surface area contributed by atoms with E-state index >= 15 is 0 Å². The molecule has 2 N–H and O–H groups in total. The molecular weight excluding hydrogens is 299 g/mol. The van der Waals surface area contributed by atoms with Crippen molar-refractivity contribution in [2.24, 2.45) is 0 Å². The van der Waals surface area contributed by atoms with E-state index in [1.165, 1.54) is 11.0 Å². The Morgan fingerprint density at radius 3 is 2.57 bits per heavy atom. The summed E-state index contributed by atoms with van der Waals surface area (Å²) in [6.45, 7) is 1.96. The third kappa shape index (κ3) is 4.84. The van der Waals surface area contributed by atoms with Gasteiger partial charge in [-0.15, -0.1) is 0 Å². The molecule has 23 heavy (non-hydrogen) atoms. The summed E-state index contributed by atoms with van der Waals surface area (Å²) in [7, 11) is 3.32. The summed E-state index contributed by atoms with van der Waals surface area (Å²) in [4.78, 5) is 26.6. The number of rotatable bonds is 5. The van der Waals surface area contributed by atoms with Crippen molar-refractivity contribution in [3.8, 4) is 0 Å². The van der Waals surface area contributed by atoms with Gasteiger partial charge in [-0.3, -0.25) is 4.79 Å². The molecular formula is C16H23FN4O2. The van der Waals surface area contributed by atoms with Crippen LogP contribution in [-0.2, 0) is 4.79 Å². The molecule has 7 heteroatoms. The first-order valence-electron chi connectivity index (χ1n) is 7.77. The Labute approximate surface area is 135 Å². The van der Waals surface area contributed by atoms with Crippen molar-refractivity contribution in [1.29, 1.82) is 0 Å². The molecule has 0 unspecified atom stereocenters. The molecule has 0 bridgehead atoms. The van der Waals surface area contributed by atoms with E-state index in [4.69, 9.17) is 0 Å². The summed E-state index contributed by atoms with van der Waals surface area (Å²) in [6, 6.07) is 4.23. The molecule has 0 spiro atoms. The van der Waals surface area contributed by atoms with Gasteiger partial charge in [-0.2, -0.15) is 0 Å². The van der Waals surface area contributed by atoms with Gasteiger partial charge in [-0.05, 0) is 31.0 Å². The molecule has 1 heterocycles. The van der Waals surface area contributed by atoms with Gasteiger partial charge in [0.05, 0.1) is 5.69 Å². The molecule has 1 saturated heterocycles. The van der Waals surface area contributed by atoms with Crippen LogP contribution in [0.1, 0.15) is 19.3 Å². The van der Waals surface area contributed by atoms with E-state index in [9.17, 15) is 14.0 Å². The van der Waals surface area contributed by atoms with Crippen LogP contribution >= 0.6 is 0 Å². The van der Waals surface area contributed by atoms with Crippen molar-refractivity contribution in [1.82, 2.24) is 10.2 Å². The first-order valence-corrected chi connectivity index (χ1v) is 7.77. The standard InChI is InChI=1S/C16H23FN4O2/c1-20(2)15(22)7-8-18-16(23)19-12-5-6-14(13(17)11-12)21-9-3-4-10-21/h5-6,11H,3-4,7-10H2,1-2H3,(H2,18,19,23). The summed E-state index contributed by atoms with van der Waals surface area (Å²) in [6.07, 6.45) is 2.38. The van der Waals surface area contributed by atoms with Crippen LogP contribution in [0.5, 0.6) is 0 Å². The molecule has 1 aromatic rings. The number of anilines is 2. The molecule has 0 atom stereocenters. The lowest BCUT2D eigenvalue weighted by Crippen LogP contribution is -2.33. The average Bonchev–Trinajstić information content (AvgIpc) is 3.01. The number of hydrogen-bond donors (Lipinski definition) is 2. The van der Waals surface area contributed by atoms with Crippen molar-refractivity contribution in [3.63, 3.8) is 0 Å². The van der Waals surface area contributed by atoms with E-state index in [0.29, 0.717) is 11.4 Å². The van der Waals surface area contributed by atoms with E-state index in [1.807, 2.05) is 4.90 Å². The zero-order valence-corrected chi connectivity index (χ0v) is 13.6. The van der Waals surface area contributed by atoms with E-state index < -0.39 is 6.03 Å². The Hall–Kier alpha value is -2.31.